The van der Waals surface area contributed by atoms with Gasteiger partial charge in [-0.15, -0.1) is 10.2 Å². The molecule has 0 aliphatic carbocycles. The lowest BCUT2D eigenvalue weighted by Gasteiger charge is -2.21. The highest BCUT2D eigenvalue weighted by molar-refractivity contribution is 5.53. The third-order valence-electron chi connectivity index (χ3n) is 4.32. The van der Waals surface area contributed by atoms with Crippen LogP contribution in [0.25, 0.3) is 11.5 Å². The number of hydrogen-bond donors (Lipinski definition) is 0. The van der Waals surface area contributed by atoms with Crippen LogP contribution in [-0.4, -0.2) is 29.3 Å². The van der Waals surface area contributed by atoms with Gasteiger partial charge in [0.05, 0.1) is 13.2 Å². The summed E-state index contributed by atoms with van der Waals surface area (Å²) < 4.78 is 11.1. The molecule has 0 amide bonds. The van der Waals surface area contributed by atoms with Crippen molar-refractivity contribution in [2.45, 2.75) is 26.4 Å². The minimum Gasteiger partial charge on any atom is -0.497 e. The summed E-state index contributed by atoms with van der Waals surface area (Å²) in [7, 11) is 3.72. The van der Waals surface area contributed by atoms with Crippen LogP contribution >= 0.6 is 0 Å². The summed E-state index contributed by atoms with van der Waals surface area (Å²) >= 11 is 0. The molecule has 0 radical (unpaired) electrons. The Bertz CT molecular complexity index is 827. The smallest absolute Gasteiger partial charge is 0.247 e. The highest BCUT2D eigenvalue weighted by Crippen LogP contribution is 2.25. The van der Waals surface area contributed by atoms with E-state index in [1.807, 2.05) is 50.4 Å². The number of rotatable bonds is 6. The summed E-state index contributed by atoms with van der Waals surface area (Å²) in [5, 5.41) is 8.43. The third-order valence-corrected chi connectivity index (χ3v) is 4.32. The molecule has 3 aromatic rings. The van der Waals surface area contributed by atoms with E-state index < -0.39 is 0 Å². The van der Waals surface area contributed by atoms with Gasteiger partial charge in [-0.25, -0.2) is 0 Å². The van der Waals surface area contributed by atoms with Gasteiger partial charge in [0.1, 0.15) is 5.75 Å². The third kappa shape index (κ3) is 4.06. The summed E-state index contributed by atoms with van der Waals surface area (Å²) in [5.74, 6) is 2.04. The highest BCUT2D eigenvalue weighted by atomic mass is 16.5. The van der Waals surface area contributed by atoms with Crippen LogP contribution in [0.2, 0.25) is 0 Å². The Morgan fingerprint density at radius 3 is 2.56 bits per heavy atom. The van der Waals surface area contributed by atoms with E-state index in [2.05, 4.69) is 34.2 Å². The number of aromatic nitrogens is 2. The molecule has 3 rings (SSSR count). The van der Waals surface area contributed by atoms with Crippen molar-refractivity contribution in [2.75, 3.05) is 14.2 Å². The van der Waals surface area contributed by atoms with Gasteiger partial charge in [-0.1, -0.05) is 29.8 Å². The maximum atomic E-state index is 5.90. The normalized spacial score (nSPS) is 12.4. The molecule has 0 aliphatic rings. The van der Waals surface area contributed by atoms with Gasteiger partial charge < -0.3 is 9.15 Å². The monoisotopic (exact) mass is 337 g/mol. The van der Waals surface area contributed by atoms with Crippen molar-refractivity contribution in [1.82, 2.24) is 15.1 Å². The quantitative estimate of drug-likeness (QED) is 0.673. The molecular formula is C20H23N3O2. The zero-order valence-electron chi connectivity index (χ0n) is 15.1. The predicted molar refractivity (Wildman–Crippen MR) is 97.3 cm³/mol. The van der Waals surface area contributed by atoms with Crippen molar-refractivity contribution in [3.05, 3.63) is 65.5 Å². The molecule has 0 saturated heterocycles. The molecule has 0 aliphatic heterocycles. The van der Waals surface area contributed by atoms with Crippen molar-refractivity contribution in [3.63, 3.8) is 0 Å². The molecule has 130 valence electrons. The molecule has 1 heterocycles. The fourth-order valence-corrected chi connectivity index (χ4v) is 2.64. The first kappa shape index (κ1) is 17.2. The molecule has 25 heavy (non-hydrogen) atoms. The van der Waals surface area contributed by atoms with Gasteiger partial charge in [0.25, 0.3) is 0 Å². The summed E-state index contributed by atoms with van der Waals surface area (Å²) in [6, 6.07) is 16.2. The maximum Gasteiger partial charge on any atom is 0.247 e. The van der Waals surface area contributed by atoms with Crippen LogP contribution in [0.3, 0.4) is 0 Å². The first-order valence-corrected chi connectivity index (χ1v) is 8.30. The van der Waals surface area contributed by atoms with Gasteiger partial charge in [0, 0.05) is 12.1 Å². The molecule has 2 aromatic carbocycles. The number of aryl methyl sites for hydroxylation is 1. The first-order chi connectivity index (χ1) is 12.1. The Morgan fingerprint density at radius 2 is 1.88 bits per heavy atom. The topological polar surface area (TPSA) is 51.4 Å². The van der Waals surface area contributed by atoms with Crippen molar-refractivity contribution in [2.24, 2.45) is 0 Å². The van der Waals surface area contributed by atoms with Crippen LogP contribution in [0, 0.1) is 6.92 Å². The van der Waals surface area contributed by atoms with Crippen LogP contribution in [-0.2, 0) is 6.54 Å². The molecule has 0 N–H and O–H groups in total. The largest absolute Gasteiger partial charge is 0.497 e. The number of benzene rings is 2. The fourth-order valence-electron chi connectivity index (χ4n) is 2.64. The van der Waals surface area contributed by atoms with Gasteiger partial charge in [-0.05, 0) is 50.7 Å². The van der Waals surface area contributed by atoms with Crippen LogP contribution in [0.4, 0.5) is 0 Å². The lowest BCUT2D eigenvalue weighted by Crippen LogP contribution is -2.22. The Kier molecular flexibility index (Phi) is 5.14. The highest BCUT2D eigenvalue weighted by Gasteiger charge is 2.19. The van der Waals surface area contributed by atoms with Crippen molar-refractivity contribution in [3.8, 4) is 17.2 Å². The summed E-state index contributed by atoms with van der Waals surface area (Å²) in [5.41, 5.74) is 3.32. The van der Waals surface area contributed by atoms with E-state index >= 15 is 0 Å². The minimum absolute atomic E-state index is 0.0214. The SMILES string of the molecule is COc1ccc(CN(C)C(C)c2nnc(-c3cccc(C)c3)o2)cc1. The van der Waals surface area contributed by atoms with E-state index in [4.69, 9.17) is 9.15 Å². The Labute approximate surface area is 148 Å². The average Bonchev–Trinajstić information content (AvgIpc) is 3.12. The van der Waals surface area contributed by atoms with Gasteiger partial charge >= 0.3 is 0 Å². The van der Waals surface area contributed by atoms with Gasteiger partial charge in [-0.3, -0.25) is 4.90 Å². The molecule has 0 saturated carbocycles. The molecular weight excluding hydrogens is 314 g/mol. The summed E-state index contributed by atoms with van der Waals surface area (Å²) in [6.45, 7) is 4.90. The molecule has 0 fully saturated rings. The Balaban J connectivity index is 1.70. The molecule has 1 unspecified atom stereocenters. The van der Waals surface area contributed by atoms with E-state index in [9.17, 15) is 0 Å². The van der Waals surface area contributed by atoms with Crippen LogP contribution in [0.1, 0.15) is 30.0 Å². The van der Waals surface area contributed by atoms with Gasteiger partial charge in [0.15, 0.2) is 0 Å². The Morgan fingerprint density at radius 1 is 1.12 bits per heavy atom. The van der Waals surface area contributed by atoms with Crippen molar-refractivity contribution in [1.29, 1.82) is 0 Å². The lowest BCUT2D eigenvalue weighted by molar-refractivity contribution is 0.218. The predicted octanol–water partition coefficient (Wildman–Crippen LogP) is 4.25. The van der Waals surface area contributed by atoms with Crippen LogP contribution < -0.4 is 4.74 Å². The van der Waals surface area contributed by atoms with Gasteiger partial charge in [-0.2, -0.15) is 0 Å². The zero-order chi connectivity index (χ0) is 17.8. The number of methoxy groups -OCH3 is 1. The number of nitrogens with zero attached hydrogens (tertiary/aromatic N) is 3. The molecule has 0 spiro atoms. The average molecular weight is 337 g/mol. The van der Waals surface area contributed by atoms with E-state index in [1.165, 1.54) is 11.1 Å². The summed E-state index contributed by atoms with van der Waals surface area (Å²) in [4.78, 5) is 2.18. The van der Waals surface area contributed by atoms with Gasteiger partial charge in [0.2, 0.25) is 11.8 Å². The van der Waals surface area contributed by atoms with Crippen LogP contribution in [0.15, 0.2) is 52.9 Å². The standard InChI is InChI=1S/C20H23N3O2/c1-14-6-5-7-17(12-14)20-22-21-19(25-20)15(2)23(3)13-16-8-10-18(24-4)11-9-16/h5-12,15H,13H2,1-4H3. The second kappa shape index (κ2) is 7.49. The maximum absolute atomic E-state index is 5.90. The lowest BCUT2D eigenvalue weighted by atomic mass is 10.1. The number of hydrogen-bond acceptors (Lipinski definition) is 5. The zero-order valence-corrected chi connectivity index (χ0v) is 15.1. The molecule has 1 aromatic heterocycles. The molecule has 0 bridgehead atoms. The molecule has 5 nitrogen and oxygen atoms in total. The van der Waals surface area contributed by atoms with E-state index in [0.29, 0.717) is 11.8 Å². The minimum atomic E-state index is 0.0214. The second-order valence-corrected chi connectivity index (χ2v) is 6.25. The van der Waals surface area contributed by atoms with E-state index in [-0.39, 0.29) is 6.04 Å². The van der Waals surface area contributed by atoms with E-state index in [1.54, 1.807) is 7.11 Å². The van der Waals surface area contributed by atoms with Crippen molar-refractivity contribution < 1.29 is 9.15 Å². The van der Waals surface area contributed by atoms with E-state index in [0.717, 1.165) is 17.9 Å². The Hall–Kier alpha value is -2.66. The molecule has 5 heteroatoms. The fraction of sp³-hybridized carbons (Fsp3) is 0.300. The first-order valence-electron chi connectivity index (χ1n) is 8.30. The number of ether oxygens (including phenoxy) is 1. The summed E-state index contributed by atoms with van der Waals surface area (Å²) in [6.07, 6.45) is 0. The van der Waals surface area contributed by atoms with Crippen molar-refractivity contribution >= 4 is 0 Å². The molecule has 1 atom stereocenters. The van der Waals surface area contributed by atoms with Crippen LogP contribution in [0.5, 0.6) is 5.75 Å². The second-order valence-electron chi connectivity index (χ2n) is 6.25.